The number of hydrogen-bond donors (Lipinski definition) is 1. The van der Waals surface area contributed by atoms with E-state index < -0.39 is 0 Å². The van der Waals surface area contributed by atoms with E-state index in [1.54, 1.807) is 16.8 Å². The molecule has 0 radical (unpaired) electrons. The minimum atomic E-state index is -0.0193. The molecule has 2 rings (SSSR count). The number of aryl methyl sites for hydroxylation is 1. The number of nitrogens with zero attached hydrogens (tertiary/aromatic N) is 2. The summed E-state index contributed by atoms with van der Waals surface area (Å²) in [7, 11) is 0. The molecule has 0 spiro atoms. The summed E-state index contributed by atoms with van der Waals surface area (Å²) < 4.78 is 1.57. The molecule has 0 aliphatic rings. The Labute approximate surface area is 87.4 Å². The Morgan fingerprint density at radius 3 is 3.07 bits per heavy atom. The summed E-state index contributed by atoms with van der Waals surface area (Å²) in [5.74, 6) is 0. The lowest BCUT2D eigenvalue weighted by atomic mass is 10.2. The van der Waals surface area contributed by atoms with Gasteiger partial charge in [-0.2, -0.15) is 0 Å². The normalized spacial score (nSPS) is 10.8. The van der Waals surface area contributed by atoms with Gasteiger partial charge in [-0.1, -0.05) is 6.07 Å². The van der Waals surface area contributed by atoms with Crippen molar-refractivity contribution in [3.05, 3.63) is 46.0 Å². The van der Waals surface area contributed by atoms with Crippen molar-refractivity contribution in [3.63, 3.8) is 0 Å². The molecule has 2 heterocycles. The van der Waals surface area contributed by atoms with Gasteiger partial charge in [0.1, 0.15) is 5.65 Å². The first-order valence-electron chi connectivity index (χ1n) is 4.90. The van der Waals surface area contributed by atoms with Crippen LogP contribution in [0.5, 0.6) is 0 Å². The van der Waals surface area contributed by atoms with Gasteiger partial charge in [-0.25, -0.2) is 4.98 Å². The molecule has 2 N–H and O–H groups in total. The molecule has 0 aliphatic carbocycles. The van der Waals surface area contributed by atoms with Crippen molar-refractivity contribution in [1.82, 2.24) is 9.38 Å². The van der Waals surface area contributed by atoms with Gasteiger partial charge >= 0.3 is 0 Å². The van der Waals surface area contributed by atoms with Crippen LogP contribution in [0.25, 0.3) is 5.65 Å². The highest BCUT2D eigenvalue weighted by atomic mass is 16.1. The molecule has 0 bridgehead atoms. The SMILES string of the molecule is Cc1cccn2c(=O)c(CCN)cnc12. The molecule has 0 aromatic carbocycles. The Morgan fingerprint density at radius 1 is 1.53 bits per heavy atom. The lowest BCUT2D eigenvalue weighted by Gasteiger charge is -2.04. The van der Waals surface area contributed by atoms with Crippen LogP contribution >= 0.6 is 0 Å². The maximum Gasteiger partial charge on any atom is 0.261 e. The van der Waals surface area contributed by atoms with Crippen molar-refractivity contribution >= 4 is 5.65 Å². The highest BCUT2D eigenvalue weighted by Gasteiger charge is 2.04. The number of rotatable bonds is 2. The molecule has 0 amide bonds. The summed E-state index contributed by atoms with van der Waals surface area (Å²) in [5, 5.41) is 0. The fourth-order valence-electron chi connectivity index (χ4n) is 1.61. The van der Waals surface area contributed by atoms with Gasteiger partial charge in [-0.3, -0.25) is 9.20 Å². The largest absolute Gasteiger partial charge is 0.330 e. The van der Waals surface area contributed by atoms with E-state index in [-0.39, 0.29) is 5.56 Å². The van der Waals surface area contributed by atoms with Gasteiger partial charge in [0, 0.05) is 18.0 Å². The highest BCUT2D eigenvalue weighted by molar-refractivity contribution is 5.46. The second kappa shape index (κ2) is 3.82. The van der Waals surface area contributed by atoms with Crippen LogP contribution in [0.3, 0.4) is 0 Å². The molecule has 2 aromatic heterocycles. The Morgan fingerprint density at radius 2 is 2.33 bits per heavy atom. The third-order valence-corrected chi connectivity index (χ3v) is 2.41. The minimum Gasteiger partial charge on any atom is -0.330 e. The molecule has 4 heteroatoms. The molecular formula is C11H13N3O. The fourth-order valence-corrected chi connectivity index (χ4v) is 1.61. The van der Waals surface area contributed by atoms with E-state index in [0.717, 1.165) is 5.56 Å². The van der Waals surface area contributed by atoms with Gasteiger partial charge in [0.15, 0.2) is 0 Å². The molecule has 0 atom stereocenters. The van der Waals surface area contributed by atoms with Crippen LogP contribution in [0.1, 0.15) is 11.1 Å². The summed E-state index contributed by atoms with van der Waals surface area (Å²) in [6.07, 6.45) is 3.93. The topological polar surface area (TPSA) is 60.4 Å². The average molecular weight is 203 g/mol. The van der Waals surface area contributed by atoms with Gasteiger partial charge in [0.25, 0.3) is 5.56 Å². The maximum absolute atomic E-state index is 11.9. The Kier molecular flexibility index (Phi) is 2.51. The monoisotopic (exact) mass is 203 g/mol. The van der Waals surface area contributed by atoms with E-state index in [1.807, 2.05) is 19.1 Å². The van der Waals surface area contributed by atoms with E-state index in [2.05, 4.69) is 4.98 Å². The quantitative estimate of drug-likeness (QED) is 0.773. The zero-order valence-corrected chi connectivity index (χ0v) is 8.60. The van der Waals surface area contributed by atoms with Crippen molar-refractivity contribution in [2.45, 2.75) is 13.3 Å². The summed E-state index contributed by atoms with van der Waals surface area (Å²) in [6, 6.07) is 3.78. The van der Waals surface area contributed by atoms with Crippen LogP contribution in [-0.4, -0.2) is 15.9 Å². The van der Waals surface area contributed by atoms with Crippen molar-refractivity contribution in [2.24, 2.45) is 5.73 Å². The summed E-state index contributed by atoms with van der Waals surface area (Å²) in [4.78, 5) is 16.2. The molecule has 0 saturated heterocycles. The third kappa shape index (κ3) is 1.64. The van der Waals surface area contributed by atoms with Gasteiger partial charge < -0.3 is 5.73 Å². The standard InChI is InChI=1S/C11H13N3O/c1-8-3-2-6-14-10(8)13-7-9(4-5-12)11(14)15/h2-3,6-7H,4-5,12H2,1H3. The highest BCUT2D eigenvalue weighted by Crippen LogP contribution is 2.04. The van der Waals surface area contributed by atoms with E-state index >= 15 is 0 Å². The molecule has 0 aliphatic heterocycles. The zero-order chi connectivity index (χ0) is 10.8. The minimum absolute atomic E-state index is 0.0193. The summed E-state index contributed by atoms with van der Waals surface area (Å²) in [5.41, 5.74) is 7.78. The predicted octanol–water partition coefficient (Wildman–Crippen LogP) is 0.504. The average Bonchev–Trinajstić information content (AvgIpc) is 2.23. The molecule has 78 valence electrons. The van der Waals surface area contributed by atoms with Gasteiger partial charge in [0.05, 0.1) is 0 Å². The number of aromatic nitrogens is 2. The Hall–Kier alpha value is -1.68. The van der Waals surface area contributed by atoms with Crippen LogP contribution in [-0.2, 0) is 6.42 Å². The van der Waals surface area contributed by atoms with Gasteiger partial charge in [-0.15, -0.1) is 0 Å². The first-order valence-corrected chi connectivity index (χ1v) is 4.90. The van der Waals surface area contributed by atoms with Crippen LogP contribution in [0.15, 0.2) is 29.3 Å². The van der Waals surface area contributed by atoms with Crippen molar-refractivity contribution in [3.8, 4) is 0 Å². The molecule has 0 fully saturated rings. The van der Waals surface area contributed by atoms with E-state index in [0.29, 0.717) is 24.2 Å². The smallest absolute Gasteiger partial charge is 0.261 e. The van der Waals surface area contributed by atoms with Gasteiger partial charge in [-0.05, 0) is 31.5 Å². The summed E-state index contributed by atoms with van der Waals surface area (Å²) in [6.45, 7) is 2.40. The van der Waals surface area contributed by atoms with E-state index in [1.165, 1.54) is 0 Å². The van der Waals surface area contributed by atoms with E-state index in [4.69, 9.17) is 5.73 Å². The van der Waals surface area contributed by atoms with Gasteiger partial charge in [0.2, 0.25) is 0 Å². The number of nitrogens with two attached hydrogens (primary N) is 1. The maximum atomic E-state index is 11.9. The zero-order valence-electron chi connectivity index (χ0n) is 8.60. The Balaban J connectivity index is 2.75. The Bertz CT molecular complexity index is 545. The molecule has 4 nitrogen and oxygen atoms in total. The molecule has 15 heavy (non-hydrogen) atoms. The number of fused-ring (bicyclic) bond motifs is 1. The van der Waals surface area contributed by atoms with Crippen LogP contribution in [0.2, 0.25) is 0 Å². The first-order chi connectivity index (χ1) is 7.24. The first kappa shape index (κ1) is 9.86. The second-order valence-electron chi connectivity index (χ2n) is 3.51. The van der Waals surface area contributed by atoms with Crippen LogP contribution < -0.4 is 11.3 Å². The molecular weight excluding hydrogens is 190 g/mol. The second-order valence-corrected chi connectivity index (χ2v) is 3.51. The third-order valence-electron chi connectivity index (χ3n) is 2.41. The molecule has 0 unspecified atom stereocenters. The lowest BCUT2D eigenvalue weighted by molar-refractivity contribution is 0.904. The summed E-state index contributed by atoms with van der Waals surface area (Å²) >= 11 is 0. The number of hydrogen-bond acceptors (Lipinski definition) is 3. The van der Waals surface area contributed by atoms with Crippen LogP contribution in [0.4, 0.5) is 0 Å². The van der Waals surface area contributed by atoms with Crippen molar-refractivity contribution in [1.29, 1.82) is 0 Å². The molecule has 2 aromatic rings. The molecule has 0 saturated carbocycles. The fraction of sp³-hybridized carbons (Fsp3) is 0.273. The van der Waals surface area contributed by atoms with Crippen LogP contribution in [0, 0.1) is 6.92 Å². The number of pyridine rings is 1. The van der Waals surface area contributed by atoms with Crippen molar-refractivity contribution < 1.29 is 0 Å². The lowest BCUT2D eigenvalue weighted by Crippen LogP contribution is -2.21. The predicted molar refractivity (Wildman–Crippen MR) is 59.0 cm³/mol. The van der Waals surface area contributed by atoms with E-state index in [9.17, 15) is 4.79 Å². The van der Waals surface area contributed by atoms with Crippen molar-refractivity contribution in [2.75, 3.05) is 6.54 Å².